The molecule has 0 amide bonds. The fourth-order valence-corrected chi connectivity index (χ4v) is 2.22. The largest absolute Gasteiger partial charge is 0.492 e. The summed E-state index contributed by atoms with van der Waals surface area (Å²) in [5, 5.41) is 24.8. The molecule has 0 saturated carbocycles. The molecule has 2 N–H and O–H groups in total. The van der Waals surface area contributed by atoms with Crippen molar-refractivity contribution in [2.45, 2.75) is 0 Å². The van der Waals surface area contributed by atoms with E-state index in [0.29, 0.717) is 10.2 Å². The summed E-state index contributed by atoms with van der Waals surface area (Å²) in [6, 6.07) is 3.46. The van der Waals surface area contributed by atoms with Gasteiger partial charge in [-0.15, -0.1) is 10.2 Å². The molecule has 0 atom stereocenters. The zero-order valence-corrected chi connectivity index (χ0v) is 13.1. The Hall–Kier alpha value is -2.67. The second-order valence-electron chi connectivity index (χ2n) is 3.84. The number of aromatic nitrogens is 4. The highest BCUT2D eigenvalue weighted by Crippen LogP contribution is 2.40. The molecule has 10 heteroatoms. The van der Waals surface area contributed by atoms with Crippen LogP contribution in [0.15, 0.2) is 16.7 Å². The van der Waals surface area contributed by atoms with Crippen molar-refractivity contribution in [1.29, 1.82) is 5.26 Å². The zero-order chi connectivity index (χ0) is 16.1. The number of methoxy groups -OCH3 is 2. The third-order valence-electron chi connectivity index (χ3n) is 2.62. The highest BCUT2D eigenvalue weighted by Gasteiger charge is 2.18. The lowest BCUT2D eigenvalue weighted by Gasteiger charge is -2.13. The molecule has 2 aromatic rings. The number of anilines is 1. The van der Waals surface area contributed by atoms with Gasteiger partial charge in [-0.25, -0.2) is 0 Å². The van der Waals surface area contributed by atoms with Crippen LogP contribution in [0.4, 0.5) is 10.1 Å². The van der Waals surface area contributed by atoms with Crippen molar-refractivity contribution >= 4 is 27.2 Å². The predicted molar refractivity (Wildman–Crippen MR) is 78.6 cm³/mol. The van der Waals surface area contributed by atoms with E-state index in [1.807, 2.05) is 6.07 Å². The van der Waals surface area contributed by atoms with Crippen LogP contribution in [-0.2, 0) is 0 Å². The summed E-state index contributed by atoms with van der Waals surface area (Å²) < 4.78 is 24.6. The Kier molecular flexibility index (Phi) is 4.90. The summed E-state index contributed by atoms with van der Waals surface area (Å²) in [7, 11) is 2.67. The Bertz CT molecular complexity index is 741. The minimum Gasteiger partial charge on any atom is -0.492 e. The molecule has 0 aliphatic rings. The third-order valence-corrected chi connectivity index (χ3v) is 3.21. The maximum atomic E-state index is 14.2. The lowest BCUT2D eigenvalue weighted by atomic mass is 10.2. The van der Waals surface area contributed by atoms with Gasteiger partial charge in [-0.05, 0) is 27.2 Å². The van der Waals surface area contributed by atoms with Gasteiger partial charge >= 0.3 is 0 Å². The number of hydrogen-bond donors (Lipinski definition) is 2. The molecule has 8 nitrogen and oxygen atoms in total. The maximum Gasteiger partial charge on any atom is 0.216 e. The molecule has 114 valence electrons. The van der Waals surface area contributed by atoms with Crippen LogP contribution in [0.1, 0.15) is 5.82 Å². The summed E-state index contributed by atoms with van der Waals surface area (Å²) in [5.74, 6) is -0.595. The number of benzene rings is 1. The molecule has 1 heterocycles. The SMILES string of the molecule is COc1c(Br)cc(NC=C(C#N)c2nn[nH]n2)c(OC)c1F. The number of allylic oxidation sites excluding steroid dienone is 1. The van der Waals surface area contributed by atoms with Gasteiger partial charge in [0.15, 0.2) is 11.5 Å². The number of tetrazole rings is 1. The molecular weight excluding hydrogens is 359 g/mol. The van der Waals surface area contributed by atoms with Gasteiger partial charge in [-0.1, -0.05) is 0 Å². The predicted octanol–water partition coefficient (Wildman–Crippen LogP) is 2.10. The van der Waals surface area contributed by atoms with Crippen LogP contribution in [0.25, 0.3) is 5.57 Å². The van der Waals surface area contributed by atoms with Crippen LogP contribution in [0, 0.1) is 17.1 Å². The van der Waals surface area contributed by atoms with Crippen molar-refractivity contribution in [3.05, 3.63) is 28.4 Å². The minimum atomic E-state index is -0.673. The molecule has 0 spiro atoms. The second kappa shape index (κ2) is 6.86. The number of hydrogen-bond acceptors (Lipinski definition) is 7. The number of ether oxygens (including phenoxy) is 2. The van der Waals surface area contributed by atoms with E-state index < -0.39 is 5.82 Å². The van der Waals surface area contributed by atoms with Crippen LogP contribution < -0.4 is 14.8 Å². The van der Waals surface area contributed by atoms with E-state index in [-0.39, 0.29) is 22.9 Å². The van der Waals surface area contributed by atoms with Gasteiger partial charge in [0.05, 0.1) is 24.4 Å². The minimum absolute atomic E-state index is 0.0186. The summed E-state index contributed by atoms with van der Waals surface area (Å²) >= 11 is 3.20. The first kappa shape index (κ1) is 15.7. The van der Waals surface area contributed by atoms with Gasteiger partial charge in [-0.2, -0.15) is 14.9 Å². The second-order valence-corrected chi connectivity index (χ2v) is 4.69. The molecule has 2 rings (SSSR count). The molecule has 1 aromatic heterocycles. The summed E-state index contributed by atoms with van der Waals surface area (Å²) in [4.78, 5) is 0. The van der Waals surface area contributed by atoms with Crippen molar-refractivity contribution in [3.8, 4) is 17.6 Å². The molecule has 0 saturated heterocycles. The fraction of sp³-hybridized carbons (Fsp3) is 0.167. The zero-order valence-electron chi connectivity index (χ0n) is 11.5. The normalized spacial score (nSPS) is 11.0. The van der Waals surface area contributed by atoms with E-state index in [9.17, 15) is 4.39 Å². The average molecular weight is 369 g/mol. The number of nitrogens with zero attached hydrogens (tertiary/aromatic N) is 4. The first-order valence-electron chi connectivity index (χ1n) is 5.83. The molecule has 0 aliphatic carbocycles. The molecular formula is C12H10BrFN6O2. The Labute approximate surface area is 133 Å². The van der Waals surface area contributed by atoms with Gasteiger partial charge < -0.3 is 14.8 Å². The topological polar surface area (TPSA) is 109 Å². The van der Waals surface area contributed by atoms with Crippen molar-refractivity contribution in [2.75, 3.05) is 19.5 Å². The Balaban J connectivity index is 2.40. The van der Waals surface area contributed by atoms with E-state index in [1.54, 1.807) is 6.07 Å². The van der Waals surface area contributed by atoms with Gasteiger partial charge in [0, 0.05) is 6.20 Å². The van der Waals surface area contributed by atoms with Crippen LogP contribution in [-0.4, -0.2) is 34.8 Å². The standard InChI is InChI=1S/C12H10BrFN6O2/c1-21-10-7(13)3-8(11(22-2)9(10)14)16-5-6(4-15)12-17-19-20-18-12/h3,5,16H,1-2H3,(H,17,18,19,20). The van der Waals surface area contributed by atoms with Crippen LogP contribution in [0.5, 0.6) is 11.5 Å². The molecule has 0 aliphatic heterocycles. The number of aromatic amines is 1. The fourth-order valence-electron chi connectivity index (χ4n) is 1.65. The lowest BCUT2D eigenvalue weighted by Crippen LogP contribution is -2.00. The van der Waals surface area contributed by atoms with Gasteiger partial charge in [0.25, 0.3) is 0 Å². The molecule has 0 bridgehead atoms. The Morgan fingerprint density at radius 1 is 1.45 bits per heavy atom. The monoisotopic (exact) mass is 368 g/mol. The molecule has 0 unspecified atom stereocenters. The first-order chi connectivity index (χ1) is 10.6. The van der Waals surface area contributed by atoms with Gasteiger partial charge in [-0.3, -0.25) is 0 Å². The van der Waals surface area contributed by atoms with Crippen molar-refractivity contribution in [1.82, 2.24) is 20.6 Å². The summed E-state index contributed by atoms with van der Waals surface area (Å²) in [6.45, 7) is 0. The highest BCUT2D eigenvalue weighted by atomic mass is 79.9. The number of nitrogens with one attached hydrogen (secondary N) is 2. The molecule has 0 fully saturated rings. The smallest absolute Gasteiger partial charge is 0.216 e. The van der Waals surface area contributed by atoms with Crippen LogP contribution >= 0.6 is 15.9 Å². The lowest BCUT2D eigenvalue weighted by molar-refractivity contribution is 0.350. The van der Waals surface area contributed by atoms with Crippen LogP contribution in [0.2, 0.25) is 0 Å². The average Bonchev–Trinajstić information content (AvgIpc) is 3.02. The van der Waals surface area contributed by atoms with Crippen molar-refractivity contribution in [3.63, 3.8) is 0 Å². The van der Waals surface area contributed by atoms with E-state index in [0.717, 1.165) is 0 Å². The van der Waals surface area contributed by atoms with E-state index >= 15 is 0 Å². The third kappa shape index (κ3) is 2.99. The Morgan fingerprint density at radius 2 is 2.18 bits per heavy atom. The Morgan fingerprint density at radius 3 is 2.73 bits per heavy atom. The van der Waals surface area contributed by atoms with E-state index in [2.05, 4.69) is 41.9 Å². The van der Waals surface area contributed by atoms with Crippen molar-refractivity contribution in [2.24, 2.45) is 0 Å². The maximum absolute atomic E-state index is 14.2. The van der Waals surface area contributed by atoms with Gasteiger partial charge in [0.1, 0.15) is 11.6 Å². The molecule has 22 heavy (non-hydrogen) atoms. The number of rotatable bonds is 5. The van der Waals surface area contributed by atoms with E-state index in [1.165, 1.54) is 20.4 Å². The number of H-pyrrole nitrogens is 1. The number of nitriles is 1. The molecule has 0 radical (unpaired) electrons. The molecule has 1 aromatic carbocycles. The first-order valence-corrected chi connectivity index (χ1v) is 6.62. The van der Waals surface area contributed by atoms with E-state index in [4.69, 9.17) is 14.7 Å². The number of halogens is 2. The highest BCUT2D eigenvalue weighted by molar-refractivity contribution is 9.10. The van der Waals surface area contributed by atoms with Gasteiger partial charge in [0.2, 0.25) is 11.6 Å². The summed E-state index contributed by atoms with van der Waals surface area (Å²) in [5.41, 5.74) is 0.409. The summed E-state index contributed by atoms with van der Waals surface area (Å²) in [6.07, 6.45) is 1.32. The van der Waals surface area contributed by atoms with Crippen LogP contribution in [0.3, 0.4) is 0 Å². The quantitative estimate of drug-likeness (QED) is 0.777. The van der Waals surface area contributed by atoms with Crippen molar-refractivity contribution < 1.29 is 13.9 Å².